The highest BCUT2D eigenvalue weighted by Gasteiger charge is 2.24. The first-order valence-electron chi connectivity index (χ1n) is 10.4. The van der Waals surface area contributed by atoms with E-state index in [1.54, 1.807) is 16.2 Å². The number of nitrogens with zero attached hydrogens (tertiary/aromatic N) is 4. The molecule has 162 valence electrons. The van der Waals surface area contributed by atoms with Crippen LogP contribution in [0, 0.1) is 0 Å². The summed E-state index contributed by atoms with van der Waals surface area (Å²) in [6.07, 6.45) is -0.316. The van der Waals surface area contributed by atoms with Gasteiger partial charge in [0.15, 0.2) is 0 Å². The van der Waals surface area contributed by atoms with E-state index < -0.39 is 0 Å². The number of carbonyl (C=O) groups excluding carboxylic acids is 1. The lowest BCUT2D eigenvalue weighted by atomic mass is 10.1. The summed E-state index contributed by atoms with van der Waals surface area (Å²) >= 11 is 1.62. The van der Waals surface area contributed by atoms with Crippen molar-refractivity contribution in [2.75, 3.05) is 37.5 Å². The molecule has 0 unspecified atom stereocenters. The first-order valence-corrected chi connectivity index (χ1v) is 11.3. The Labute approximate surface area is 190 Å². The van der Waals surface area contributed by atoms with E-state index in [0.717, 1.165) is 44.4 Å². The number of aromatic nitrogens is 2. The van der Waals surface area contributed by atoms with E-state index in [9.17, 15) is 4.79 Å². The average Bonchev–Trinajstić information content (AvgIpc) is 3.40. The van der Waals surface area contributed by atoms with Crippen molar-refractivity contribution in [1.82, 2.24) is 14.9 Å². The molecule has 0 atom stereocenters. The summed E-state index contributed by atoms with van der Waals surface area (Å²) in [5, 5.41) is 6.62. The van der Waals surface area contributed by atoms with E-state index in [4.69, 9.17) is 14.7 Å². The molecule has 5 rings (SSSR count). The van der Waals surface area contributed by atoms with Crippen LogP contribution in [0.4, 0.5) is 22.0 Å². The van der Waals surface area contributed by atoms with Crippen molar-refractivity contribution in [3.63, 3.8) is 0 Å². The van der Waals surface area contributed by atoms with Crippen molar-refractivity contribution < 1.29 is 9.53 Å². The average molecular weight is 446 g/mol. The predicted octanol–water partition coefficient (Wildman–Crippen LogP) is 5.12. The summed E-state index contributed by atoms with van der Waals surface area (Å²) in [6, 6.07) is 18.0. The molecule has 0 saturated carbocycles. The molecule has 1 amide bonds. The maximum atomic E-state index is 12.0. The van der Waals surface area contributed by atoms with E-state index in [1.807, 2.05) is 56.6 Å². The highest BCUT2D eigenvalue weighted by molar-refractivity contribution is 7.17. The molecule has 0 bridgehead atoms. The summed E-state index contributed by atoms with van der Waals surface area (Å²) < 4.78 is 5.09. The number of thiophene rings is 1. The van der Waals surface area contributed by atoms with E-state index in [-0.39, 0.29) is 6.09 Å². The van der Waals surface area contributed by atoms with Gasteiger partial charge in [0.25, 0.3) is 0 Å². The van der Waals surface area contributed by atoms with Crippen LogP contribution < -0.4 is 10.2 Å². The number of hydrogen-bond donors (Lipinski definition) is 1. The monoisotopic (exact) mass is 445 g/mol. The summed E-state index contributed by atoms with van der Waals surface area (Å²) in [6.45, 7) is 1.60. The van der Waals surface area contributed by atoms with Crippen LogP contribution in [-0.4, -0.2) is 48.2 Å². The first kappa shape index (κ1) is 20.4. The van der Waals surface area contributed by atoms with E-state index in [2.05, 4.69) is 27.7 Å². The largest absolute Gasteiger partial charge is 0.447 e. The number of hydrogen-bond acceptors (Lipinski definition) is 7. The molecular weight excluding hydrogens is 422 g/mol. The summed E-state index contributed by atoms with van der Waals surface area (Å²) in [4.78, 5) is 26.3. The number of benzene rings is 2. The number of amides is 1. The molecule has 0 spiro atoms. The fraction of sp³-hybridized carbons (Fsp3) is 0.208. The van der Waals surface area contributed by atoms with Crippen LogP contribution in [-0.2, 0) is 11.3 Å². The normalized spacial score (nSPS) is 13.7. The lowest BCUT2D eigenvalue weighted by molar-refractivity contribution is 0.181. The maximum Gasteiger partial charge on any atom is 0.414 e. The summed E-state index contributed by atoms with van der Waals surface area (Å²) in [5.74, 6) is 1.51. The predicted molar refractivity (Wildman–Crippen MR) is 129 cm³/mol. The Morgan fingerprint density at radius 3 is 2.72 bits per heavy atom. The molecule has 1 saturated heterocycles. The van der Waals surface area contributed by atoms with Gasteiger partial charge >= 0.3 is 6.09 Å². The molecule has 2 aromatic heterocycles. The Bertz CT molecular complexity index is 1270. The van der Waals surface area contributed by atoms with Gasteiger partial charge in [-0.05, 0) is 37.9 Å². The fourth-order valence-electron chi connectivity index (χ4n) is 3.78. The SMILES string of the molecule is CN(C)Cc1nc(Nc2cccc(N3CCOC3=O)c2)c2c(-c3ccccc3)csc2n1. The lowest BCUT2D eigenvalue weighted by Gasteiger charge is -2.16. The molecule has 7 nitrogen and oxygen atoms in total. The van der Waals surface area contributed by atoms with E-state index in [1.165, 1.54) is 0 Å². The number of nitrogens with one attached hydrogen (secondary N) is 1. The van der Waals surface area contributed by atoms with Crippen molar-refractivity contribution in [1.29, 1.82) is 0 Å². The molecule has 8 heteroatoms. The van der Waals surface area contributed by atoms with Gasteiger partial charge in [-0.25, -0.2) is 14.8 Å². The van der Waals surface area contributed by atoms with Gasteiger partial charge in [0.1, 0.15) is 23.1 Å². The quantitative estimate of drug-likeness (QED) is 0.444. The molecule has 1 N–H and O–H groups in total. The van der Waals surface area contributed by atoms with Crippen molar-refractivity contribution in [2.24, 2.45) is 0 Å². The second-order valence-corrected chi connectivity index (χ2v) is 8.72. The zero-order chi connectivity index (χ0) is 22.1. The molecule has 0 radical (unpaired) electrons. The summed E-state index contributed by atoms with van der Waals surface area (Å²) in [5.41, 5.74) is 3.87. The Balaban J connectivity index is 1.59. The Morgan fingerprint density at radius 1 is 1.12 bits per heavy atom. The van der Waals surface area contributed by atoms with E-state index >= 15 is 0 Å². The molecule has 2 aromatic carbocycles. The number of ether oxygens (including phenoxy) is 1. The molecule has 1 fully saturated rings. The number of carbonyl (C=O) groups is 1. The molecule has 1 aliphatic rings. The van der Waals surface area contributed by atoms with Gasteiger partial charge in [0, 0.05) is 22.3 Å². The topological polar surface area (TPSA) is 70.6 Å². The van der Waals surface area contributed by atoms with Crippen LogP contribution >= 0.6 is 11.3 Å². The van der Waals surface area contributed by atoms with Gasteiger partial charge < -0.3 is 15.0 Å². The highest BCUT2D eigenvalue weighted by Crippen LogP contribution is 2.38. The van der Waals surface area contributed by atoms with Crippen molar-refractivity contribution in [3.05, 3.63) is 65.8 Å². The van der Waals surface area contributed by atoms with Gasteiger partial charge in [0.05, 0.1) is 18.5 Å². The molecule has 0 aliphatic carbocycles. The molecule has 3 heterocycles. The van der Waals surface area contributed by atoms with Crippen molar-refractivity contribution in [2.45, 2.75) is 6.54 Å². The Kier molecular flexibility index (Phi) is 5.46. The number of fused-ring (bicyclic) bond motifs is 1. The molecule has 1 aliphatic heterocycles. The van der Waals surface area contributed by atoms with Crippen LogP contribution in [0.25, 0.3) is 21.3 Å². The number of rotatable bonds is 6. The van der Waals surface area contributed by atoms with Crippen LogP contribution in [0.2, 0.25) is 0 Å². The third-order valence-electron chi connectivity index (χ3n) is 5.20. The lowest BCUT2D eigenvalue weighted by Crippen LogP contribution is -2.23. The third kappa shape index (κ3) is 4.02. The van der Waals surface area contributed by atoms with E-state index in [0.29, 0.717) is 19.7 Å². The Hall–Kier alpha value is -3.49. The Morgan fingerprint density at radius 2 is 1.97 bits per heavy atom. The second kappa shape index (κ2) is 8.57. The molecule has 4 aromatic rings. The van der Waals surface area contributed by atoms with Gasteiger partial charge in [-0.3, -0.25) is 4.90 Å². The first-order chi connectivity index (χ1) is 15.6. The zero-order valence-corrected chi connectivity index (χ0v) is 18.7. The van der Waals surface area contributed by atoms with Gasteiger partial charge in [-0.15, -0.1) is 11.3 Å². The maximum absolute atomic E-state index is 12.0. The number of anilines is 3. The minimum atomic E-state index is -0.316. The van der Waals surface area contributed by atoms with Crippen molar-refractivity contribution >= 4 is 44.8 Å². The molecule has 32 heavy (non-hydrogen) atoms. The van der Waals surface area contributed by atoms with Crippen LogP contribution in [0.5, 0.6) is 0 Å². The number of cyclic esters (lactones) is 1. The molecular formula is C24H23N5O2S. The van der Waals surface area contributed by atoms with Crippen LogP contribution in [0.15, 0.2) is 60.0 Å². The minimum absolute atomic E-state index is 0.316. The van der Waals surface area contributed by atoms with Crippen LogP contribution in [0.3, 0.4) is 0 Å². The van der Waals surface area contributed by atoms with Crippen molar-refractivity contribution in [3.8, 4) is 11.1 Å². The minimum Gasteiger partial charge on any atom is -0.447 e. The van der Waals surface area contributed by atoms with Gasteiger partial charge in [0.2, 0.25) is 0 Å². The van der Waals surface area contributed by atoms with Crippen LogP contribution in [0.1, 0.15) is 5.82 Å². The van der Waals surface area contributed by atoms with Gasteiger partial charge in [-0.2, -0.15) is 0 Å². The third-order valence-corrected chi connectivity index (χ3v) is 6.08. The zero-order valence-electron chi connectivity index (χ0n) is 17.9. The second-order valence-electron chi connectivity index (χ2n) is 7.86. The van der Waals surface area contributed by atoms with Gasteiger partial charge in [-0.1, -0.05) is 36.4 Å². The fourth-order valence-corrected chi connectivity index (χ4v) is 4.74. The summed E-state index contributed by atoms with van der Waals surface area (Å²) in [7, 11) is 4.01. The smallest absolute Gasteiger partial charge is 0.414 e. The standard InChI is InChI=1S/C24H23N5O2S/c1-28(2)14-20-26-22(21-19(15-32-23(21)27-20)16-7-4-3-5-8-16)25-17-9-6-10-18(13-17)29-11-12-31-24(29)30/h3-10,13,15H,11-12,14H2,1-2H3,(H,25,26,27). The highest BCUT2D eigenvalue weighted by atomic mass is 32.1.